The van der Waals surface area contributed by atoms with E-state index in [0.29, 0.717) is 6.54 Å². The number of aromatic nitrogens is 3. The van der Waals surface area contributed by atoms with Crippen LogP contribution in [0.15, 0.2) is 59.8 Å². The number of thioether (sulfide) groups is 1. The van der Waals surface area contributed by atoms with Crippen molar-refractivity contribution in [3.05, 3.63) is 60.2 Å². The van der Waals surface area contributed by atoms with Crippen LogP contribution in [0.1, 0.15) is 26.3 Å². The number of nitrogens with zero attached hydrogens (tertiary/aromatic N) is 3. The van der Waals surface area contributed by atoms with Gasteiger partial charge in [0.25, 0.3) is 0 Å². The number of rotatable bonds is 8. The van der Waals surface area contributed by atoms with Gasteiger partial charge in [0.1, 0.15) is 5.75 Å². The SMILES string of the molecule is COc1ccccc1-c1nnc(SCC(=O)NC(C)(C)C)n1CCc1ccccc1. The molecule has 0 unspecified atom stereocenters. The summed E-state index contributed by atoms with van der Waals surface area (Å²) in [5.74, 6) is 1.74. The van der Waals surface area contributed by atoms with Crippen LogP contribution in [0.4, 0.5) is 0 Å². The Morgan fingerprint density at radius 2 is 1.77 bits per heavy atom. The van der Waals surface area contributed by atoms with Gasteiger partial charge in [0.2, 0.25) is 5.91 Å². The van der Waals surface area contributed by atoms with E-state index in [1.165, 1.54) is 17.3 Å². The highest BCUT2D eigenvalue weighted by atomic mass is 32.2. The van der Waals surface area contributed by atoms with E-state index in [1.807, 2.05) is 63.2 Å². The number of carbonyl (C=O) groups is 1. The lowest BCUT2D eigenvalue weighted by Crippen LogP contribution is -2.41. The molecule has 1 amide bonds. The molecule has 0 saturated heterocycles. The average Bonchev–Trinajstić information content (AvgIpc) is 3.12. The van der Waals surface area contributed by atoms with Crippen molar-refractivity contribution >= 4 is 17.7 Å². The predicted octanol–water partition coefficient (Wildman–Crippen LogP) is 4.20. The number of hydrogen-bond acceptors (Lipinski definition) is 5. The maximum atomic E-state index is 12.3. The summed E-state index contributed by atoms with van der Waals surface area (Å²) in [7, 11) is 1.65. The van der Waals surface area contributed by atoms with E-state index in [4.69, 9.17) is 4.74 Å². The van der Waals surface area contributed by atoms with Crippen LogP contribution < -0.4 is 10.1 Å². The minimum Gasteiger partial charge on any atom is -0.496 e. The van der Waals surface area contributed by atoms with E-state index in [-0.39, 0.29) is 17.2 Å². The quantitative estimate of drug-likeness (QED) is 0.549. The molecule has 2 aromatic carbocycles. The third kappa shape index (κ3) is 5.86. The number of para-hydroxylation sites is 1. The Balaban J connectivity index is 1.86. The first kappa shape index (κ1) is 21.9. The molecule has 1 N–H and O–H groups in total. The molecule has 1 aromatic heterocycles. The molecule has 3 aromatic rings. The van der Waals surface area contributed by atoms with Crippen LogP contribution in [0.3, 0.4) is 0 Å². The molecular formula is C23H28N4O2S. The summed E-state index contributed by atoms with van der Waals surface area (Å²) in [5, 5.41) is 12.5. The molecule has 158 valence electrons. The number of benzene rings is 2. The van der Waals surface area contributed by atoms with Gasteiger partial charge in [-0.05, 0) is 44.9 Å². The van der Waals surface area contributed by atoms with E-state index in [2.05, 4.69) is 32.2 Å². The summed E-state index contributed by atoms with van der Waals surface area (Å²) in [6.45, 7) is 6.61. The highest BCUT2D eigenvalue weighted by molar-refractivity contribution is 7.99. The highest BCUT2D eigenvalue weighted by Crippen LogP contribution is 2.31. The van der Waals surface area contributed by atoms with Gasteiger partial charge in [-0.25, -0.2) is 0 Å². The zero-order valence-electron chi connectivity index (χ0n) is 17.9. The van der Waals surface area contributed by atoms with Crippen LogP contribution in [0.5, 0.6) is 5.75 Å². The molecule has 0 saturated carbocycles. The van der Waals surface area contributed by atoms with Crippen molar-refractivity contribution in [2.75, 3.05) is 12.9 Å². The van der Waals surface area contributed by atoms with Gasteiger partial charge in [-0.2, -0.15) is 0 Å². The summed E-state index contributed by atoms with van der Waals surface area (Å²) >= 11 is 1.40. The zero-order chi connectivity index (χ0) is 21.6. The fraction of sp³-hybridized carbons (Fsp3) is 0.348. The van der Waals surface area contributed by atoms with Crippen molar-refractivity contribution in [2.45, 2.75) is 44.4 Å². The molecule has 30 heavy (non-hydrogen) atoms. The fourth-order valence-electron chi connectivity index (χ4n) is 3.10. The number of hydrogen-bond donors (Lipinski definition) is 1. The van der Waals surface area contributed by atoms with Gasteiger partial charge >= 0.3 is 0 Å². The van der Waals surface area contributed by atoms with Crippen LogP contribution >= 0.6 is 11.8 Å². The van der Waals surface area contributed by atoms with E-state index in [0.717, 1.165) is 28.7 Å². The van der Waals surface area contributed by atoms with Gasteiger partial charge in [0, 0.05) is 12.1 Å². The molecule has 0 radical (unpaired) electrons. The molecule has 0 aliphatic rings. The molecule has 0 atom stereocenters. The smallest absolute Gasteiger partial charge is 0.230 e. The van der Waals surface area contributed by atoms with Crippen molar-refractivity contribution in [1.82, 2.24) is 20.1 Å². The molecule has 0 spiro atoms. The van der Waals surface area contributed by atoms with E-state index >= 15 is 0 Å². The molecular weight excluding hydrogens is 396 g/mol. The Labute approximate surface area is 182 Å². The molecule has 0 fully saturated rings. The molecule has 7 heteroatoms. The molecule has 0 aliphatic carbocycles. The molecule has 0 aliphatic heterocycles. The van der Waals surface area contributed by atoms with Crippen LogP contribution in [-0.2, 0) is 17.8 Å². The Hall–Kier alpha value is -2.80. The van der Waals surface area contributed by atoms with Gasteiger partial charge in [-0.15, -0.1) is 10.2 Å². The first-order valence-electron chi connectivity index (χ1n) is 9.92. The lowest BCUT2D eigenvalue weighted by atomic mass is 10.1. The maximum absolute atomic E-state index is 12.3. The summed E-state index contributed by atoms with van der Waals surface area (Å²) in [6.07, 6.45) is 0.836. The number of methoxy groups -OCH3 is 1. The summed E-state index contributed by atoms with van der Waals surface area (Å²) in [5.41, 5.74) is 1.85. The van der Waals surface area contributed by atoms with Crippen molar-refractivity contribution < 1.29 is 9.53 Å². The van der Waals surface area contributed by atoms with Crippen LogP contribution in [0, 0.1) is 0 Å². The Bertz CT molecular complexity index is 980. The third-order valence-corrected chi connectivity index (χ3v) is 5.35. The summed E-state index contributed by atoms with van der Waals surface area (Å²) in [6, 6.07) is 18.1. The number of aryl methyl sites for hydroxylation is 1. The first-order chi connectivity index (χ1) is 14.4. The predicted molar refractivity (Wildman–Crippen MR) is 121 cm³/mol. The normalized spacial score (nSPS) is 11.3. The maximum Gasteiger partial charge on any atom is 0.230 e. The fourth-order valence-corrected chi connectivity index (χ4v) is 3.86. The van der Waals surface area contributed by atoms with Gasteiger partial charge in [-0.3, -0.25) is 4.79 Å². The zero-order valence-corrected chi connectivity index (χ0v) is 18.7. The van der Waals surface area contributed by atoms with Crippen LogP contribution in [-0.4, -0.2) is 39.1 Å². The van der Waals surface area contributed by atoms with E-state index in [9.17, 15) is 4.79 Å². The van der Waals surface area contributed by atoms with E-state index in [1.54, 1.807) is 7.11 Å². The average molecular weight is 425 g/mol. The topological polar surface area (TPSA) is 69.0 Å². The largest absolute Gasteiger partial charge is 0.496 e. The van der Waals surface area contributed by atoms with Gasteiger partial charge < -0.3 is 14.6 Å². The lowest BCUT2D eigenvalue weighted by Gasteiger charge is -2.20. The molecule has 6 nitrogen and oxygen atoms in total. The number of nitrogens with one attached hydrogen (secondary N) is 1. The van der Waals surface area contributed by atoms with Crippen molar-refractivity contribution in [1.29, 1.82) is 0 Å². The Morgan fingerprint density at radius 3 is 2.47 bits per heavy atom. The second-order valence-corrected chi connectivity index (χ2v) is 8.92. The lowest BCUT2D eigenvalue weighted by molar-refractivity contribution is -0.119. The first-order valence-corrected chi connectivity index (χ1v) is 10.9. The van der Waals surface area contributed by atoms with Gasteiger partial charge in [0.05, 0.1) is 18.4 Å². The van der Waals surface area contributed by atoms with Gasteiger partial charge in [0.15, 0.2) is 11.0 Å². The monoisotopic (exact) mass is 424 g/mol. The number of amides is 1. The van der Waals surface area contributed by atoms with Crippen molar-refractivity contribution in [2.24, 2.45) is 0 Å². The highest BCUT2D eigenvalue weighted by Gasteiger charge is 2.19. The second-order valence-electron chi connectivity index (χ2n) is 7.98. The van der Waals surface area contributed by atoms with E-state index < -0.39 is 0 Å². The minimum atomic E-state index is -0.263. The Morgan fingerprint density at radius 1 is 1.07 bits per heavy atom. The number of carbonyl (C=O) groups excluding carboxylic acids is 1. The number of ether oxygens (including phenoxy) is 1. The Kier molecular flexibility index (Phi) is 7.15. The summed E-state index contributed by atoms with van der Waals surface area (Å²) in [4.78, 5) is 12.3. The van der Waals surface area contributed by atoms with Gasteiger partial charge in [-0.1, -0.05) is 54.2 Å². The van der Waals surface area contributed by atoms with Crippen molar-refractivity contribution in [3.63, 3.8) is 0 Å². The standard InChI is InChI=1S/C23H28N4O2S/c1-23(2,3)24-20(28)16-30-22-26-25-21(18-12-8-9-13-19(18)29-4)27(22)15-14-17-10-6-5-7-11-17/h5-13H,14-16H2,1-4H3,(H,24,28). The van der Waals surface area contributed by atoms with Crippen LogP contribution in [0.2, 0.25) is 0 Å². The second kappa shape index (κ2) is 9.80. The summed E-state index contributed by atoms with van der Waals surface area (Å²) < 4.78 is 7.60. The molecule has 1 heterocycles. The van der Waals surface area contributed by atoms with Crippen molar-refractivity contribution in [3.8, 4) is 17.1 Å². The van der Waals surface area contributed by atoms with Crippen LogP contribution in [0.25, 0.3) is 11.4 Å². The minimum absolute atomic E-state index is 0.0241. The molecule has 3 rings (SSSR count). The third-order valence-electron chi connectivity index (χ3n) is 4.38. The molecule has 0 bridgehead atoms.